The van der Waals surface area contributed by atoms with E-state index in [1.165, 1.54) is 0 Å². The second kappa shape index (κ2) is 27.6. The Balaban J connectivity index is 0.000000198. The summed E-state index contributed by atoms with van der Waals surface area (Å²) in [5.74, 6) is -0.663. The van der Waals surface area contributed by atoms with E-state index < -0.39 is 36.5 Å². The number of nitrogens with two attached hydrogens (primary N) is 1. The number of carboxylic acid groups (broad SMARTS) is 1. The van der Waals surface area contributed by atoms with Gasteiger partial charge in [0, 0.05) is 109 Å². The maximum absolute atomic E-state index is 13.4. The van der Waals surface area contributed by atoms with E-state index in [9.17, 15) is 28.7 Å². The fraction of sp³-hybridized carbons (Fsp3) is 0.266. The van der Waals surface area contributed by atoms with Crippen LogP contribution in [-0.2, 0) is 35.7 Å². The first-order valence-corrected chi connectivity index (χ1v) is 27.6. The average Bonchev–Trinajstić information content (AvgIpc) is 2.11. The molecule has 10 rings (SSSR count). The molecule has 3 aromatic carbocycles. The van der Waals surface area contributed by atoms with Crippen molar-refractivity contribution in [2.24, 2.45) is 5.73 Å². The van der Waals surface area contributed by atoms with Crippen LogP contribution >= 0.6 is 23.2 Å². The zero-order valence-corrected chi connectivity index (χ0v) is 50.4. The Morgan fingerprint density at radius 2 is 1.13 bits per heavy atom. The third kappa shape index (κ3) is 16.8. The number of carbonyl (C=O) groups is 4. The number of anilines is 2. The van der Waals surface area contributed by atoms with Gasteiger partial charge >= 0.3 is 18.2 Å². The third-order valence-corrected chi connectivity index (χ3v) is 13.5. The lowest BCUT2D eigenvalue weighted by molar-refractivity contribution is 0.0624. The number of halogens is 3. The summed E-state index contributed by atoms with van der Waals surface area (Å²) < 4.78 is 30.0. The summed E-state index contributed by atoms with van der Waals surface area (Å²) in [6.07, 6.45) is 12.5. The van der Waals surface area contributed by atoms with Gasteiger partial charge in [0.1, 0.15) is 17.0 Å². The summed E-state index contributed by atoms with van der Waals surface area (Å²) in [7, 11) is -1.00. The van der Waals surface area contributed by atoms with Crippen LogP contribution in [0.3, 0.4) is 0 Å². The molecule has 0 saturated heterocycles. The molecule has 0 saturated carbocycles. The van der Waals surface area contributed by atoms with Gasteiger partial charge < -0.3 is 34.8 Å². The van der Waals surface area contributed by atoms with Crippen molar-refractivity contribution in [2.75, 3.05) is 17.8 Å². The number of benzene rings is 3. The molecule has 7 heterocycles. The Labute approximate surface area is 503 Å². The van der Waals surface area contributed by atoms with Gasteiger partial charge in [-0.1, -0.05) is 35.3 Å². The number of alkyl halides is 1. The minimum absolute atomic E-state index is 0.189. The van der Waals surface area contributed by atoms with Gasteiger partial charge in [-0.3, -0.25) is 39.8 Å². The number of hydrogen-bond acceptors (Lipinski definition) is 12. The molecular formula is C64H68Cl2FN11O7. The van der Waals surface area contributed by atoms with E-state index in [0.717, 1.165) is 82.9 Å². The Morgan fingerprint density at radius 1 is 0.659 bits per heavy atom. The Kier molecular flexibility index (Phi) is 20.1. The number of rotatable bonds is 11. The van der Waals surface area contributed by atoms with Crippen LogP contribution in [0.5, 0.6) is 0 Å². The van der Waals surface area contributed by atoms with Crippen molar-refractivity contribution in [3.05, 3.63) is 194 Å². The van der Waals surface area contributed by atoms with Crippen molar-refractivity contribution in [2.45, 2.75) is 107 Å². The lowest BCUT2D eigenvalue weighted by atomic mass is 10.0. The molecule has 3 amide bonds. The number of nitrogens with zero attached hydrogens (tertiary/aromatic N) is 7. The number of ether oxygens (including phenoxy) is 2. The molecule has 7 aromatic heterocycles. The molecular weight excluding hydrogens is 1120 g/mol. The number of carbonyl (C=O) groups excluding carboxylic acids is 3. The fourth-order valence-electron chi connectivity index (χ4n) is 9.46. The molecule has 0 spiro atoms. The van der Waals surface area contributed by atoms with E-state index in [-0.39, 0.29) is 11.5 Å². The molecule has 18 nitrogen and oxygen atoms in total. The zero-order valence-electron chi connectivity index (χ0n) is 49.9. The Bertz CT molecular complexity index is 4080. The second-order valence-corrected chi connectivity index (χ2v) is 22.8. The van der Waals surface area contributed by atoms with E-state index in [2.05, 4.69) is 51.5 Å². The highest BCUT2D eigenvalue weighted by molar-refractivity contribution is 6.31. The first-order valence-electron chi connectivity index (χ1n) is 27.5. The van der Waals surface area contributed by atoms with Crippen LogP contribution in [0.15, 0.2) is 128 Å². The van der Waals surface area contributed by atoms with E-state index in [0.29, 0.717) is 58.7 Å². The number of aromatic carboxylic acids is 1. The molecule has 10 aromatic rings. The van der Waals surface area contributed by atoms with Gasteiger partial charge in [-0.15, -0.1) is 0 Å². The number of nitrogens with one attached hydrogen (secondary N) is 3. The van der Waals surface area contributed by atoms with Gasteiger partial charge in [-0.2, -0.15) is 0 Å². The van der Waals surface area contributed by atoms with E-state index in [1.807, 2.05) is 147 Å². The normalized spacial score (nSPS) is 11.3. The molecule has 85 heavy (non-hydrogen) atoms. The quantitative estimate of drug-likeness (QED) is 0.0810. The van der Waals surface area contributed by atoms with Crippen molar-refractivity contribution < 1.29 is 39.5 Å². The van der Waals surface area contributed by atoms with Crippen LogP contribution in [0.2, 0.25) is 10.0 Å². The predicted molar refractivity (Wildman–Crippen MR) is 334 cm³/mol. The summed E-state index contributed by atoms with van der Waals surface area (Å²) in [4.78, 5) is 69.9. The third-order valence-electron chi connectivity index (χ3n) is 13.1. The maximum Gasteiger partial charge on any atom is 0.413 e. The van der Waals surface area contributed by atoms with Crippen LogP contribution in [0.25, 0.3) is 43.6 Å². The summed E-state index contributed by atoms with van der Waals surface area (Å²) in [6, 6.07) is 25.0. The first kappa shape index (κ1) is 62.0. The van der Waals surface area contributed by atoms with Gasteiger partial charge in [-0.05, 0) is 175 Å². The Hall–Kier alpha value is -9.04. The van der Waals surface area contributed by atoms with Crippen molar-refractivity contribution in [1.29, 1.82) is 0 Å². The van der Waals surface area contributed by atoms with Crippen molar-refractivity contribution in [3.63, 3.8) is 0 Å². The molecule has 21 heteroatoms. The number of hydrogen-bond donors (Lipinski definition) is 5. The average molecular weight is 1190 g/mol. The van der Waals surface area contributed by atoms with Gasteiger partial charge in [-0.25, -0.2) is 19.4 Å². The molecule has 0 aliphatic rings. The maximum atomic E-state index is 13.4. The minimum atomic E-state index is -1.00. The molecule has 0 atom stereocenters. The second-order valence-electron chi connectivity index (χ2n) is 21.9. The topological polar surface area (TPSA) is 243 Å². The number of fused-ring (bicyclic) bond motifs is 4. The summed E-state index contributed by atoms with van der Waals surface area (Å²) in [6.45, 7) is 20.5. The van der Waals surface area contributed by atoms with Gasteiger partial charge in [0.05, 0.1) is 51.8 Å². The predicted octanol–water partition coefficient (Wildman–Crippen LogP) is 14.3. The molecule has 0 unspecified atom stereocenters. The highest BCUT2D eigenvalue weighted by Crippen LogP contribution is 2.28. The van der Waals surface area contributed by atoms with Gasteiger partial charge in [0.15, 0.2) is 0 Å². The molecule has 0 aliphatic carbocycles. The molecule has 0 bridgehead atoms. The van der Waals surface area contributed by atoms with Crippen LogP contribution in [0, 0.1) is 27.7 Å². The number of aryl methyl sites for hydroxylation is 4. The molecule has 442 valence electrons. The SMILES string of the molecule is Cc1cc(NC(=O)OC(C)(C)C)cc(C)c1CNC(=O)c1cn(Cc2ccc3ncc(Cl)cc3c2)c2ccncc12.Cc1cc(NC(=O)OC(C)(C)C)nc(C)c1CN.O=C(O)c1cn(Cc2ccc3ncc(Cl)cc3c2)c2ccncc12.[2H]CF. The highest BCUT2D eigenvalue weighted by atomic mass is 35.5. The molecule has 0 fully saturated rings. The largest absolute Gasteiger partial charge is 0.478 e. The standard InChI is InChI=1S/C32H32ClN5O3.C18H12ClN3O2.C13H21N3O2.CH3F/c1-19-10-24(37-31(40)41-32(3,4)5)11-20(2)25(19)16-36-30(39)27-18-38(29-8-9-34-15-26(27)29)17-21-6-7-28-22(12-21)13-23(33)14-35-28;19-13-6-12-5-11(1-2-16(12)21-7-13)9-22-10-15(18(23)24)14-8-20-4-3-17(14)22;1-8-6-11(15-9(2)10(8)7-14)16-12(17)18-13(3,4)5;1-2/h6-15,18H,16-17H2,1-5H3,(H,36,39)(H,37,40);1-8,10H,9H2,(H,23,24);6H,7,14H2,1-5H3,(H,15,16,17);1H3/i;;;1D. The monoisotopic (exact) mass is 1190 g/mol. The number of carboxylic acids is 1. The van der Waals surface area contributed by atoms with Crippen LogP contribution < -0.4 is 21.7 Å². The van der Waals surface area contributed by atoms with Crippen LogP contribution in [0.1, 0.15) is 108 Å². The molecule has 0 aliphatic heterocycles. The molecule has 0 radical (unpaired) electrons. The van der Waals surface area contributed by atoms with Crippen LogP contribution in [0.4, 0.5) is 25.5 Å². The zero-order chi connectivity index (χ0) is 62.6. The fourth-order valence-corrected chi connectivity index (χ4v) is 9.79. The number of amides is 3. The van der Waals surface area contributed by atoms with E-state index in [4.69, 9.17) is 39.8 Å². The molecule has 6 N–H and O–H groups in total. The van der Waals surface area contributed by atoms with Crippen molar-refractivity contribution in [3.8, 4) is 0 Å². The number of aromatic nitrogens is 7. The summed E-state index contributed by atoms with van der Waals surface area (Å²) >= 11 is 12.2. The minimum Gasteiger partial charge on any atom is -0.478 e. The number of pyridine rings is 5. The van der Waals surface area contributed by atoms with Crippen molar-refractivity contribution in [1.82, 2.24) is 39.4 Å². The van der Waals surface area contributed by atoms with Crippen LogP contribution in [-0.4, -0.2) is 81.6 Å². The van der Waals surface area contributed by atoms with E-state index in [1.54, 1.807) is 49.4 Å². The van der Waals surface area contributed by atoms with Gasteiger partial charge in [0.2, 0.25) is 0 Å². The van der Waals surface area contributed by atoms with Crippen molar-refractivity contribution >= 4 is 102 Å². The van der Waals surface area contributed by atoms with E-state index >= 15 is 0 Å². The highest BCUT2D eigenvalue weighted by Gasteiger charge is 2.21. The Morgan fingerprint density at radius 3 is 1.60 bits per heavy atom. The van der Waals surface area contributed by atoms with Gasteiger partial charge in [0.25, 0.3) is 5.91 Å². The smallest absolute Gasteiger partial charge is 0.413 e. The summed E-state index contributed by atoms with van der Waals surface area (Å²) in [5.41, 5.74) is 17.3. The first-order chi connectivity index (χ1) is 40.7. The summed E-state index contributed by atoms with van der Waals surface area (Å²) in [5, 5.41) is 22.4. The lowest BCUT2D eigenvalue weighted by Gasteiger charge is -2.20. The lowest BCUT2D eigenvalue weighted by Crippen LogP contribution is -2.27.